The third-order valence-corrected chi connectivity index (χ3v) is 4.19. The Labute approximate surface area is 153 Å². The molecule has 0 aromatic heterocycles. The van der Waals surface area contributed by atoms with Crippen molar-refractivity contribution in [2.24, 2.45) is 5.92 Å². The number of rotatable bonds is 9. The van der Waals surface area contributed by atoms with E-state index in [9.17, 15) is 14.7 Å². The fourth-order valence-electron chi connectivity index (χ4n) is 2.88. The normalized spacial score (nSPS) is 18.0. The molecule has 2 rings (SSSR count). The third kappa shape index (κ3) is 5.36. The minimum Gasteiger partial charge on any atom is -0.490 e. The van der Waals surface area contributed by atoms with Gasteiger partial charge in [-0.05, 0) is 44.4 Å². The second-order valence-corrected chi connectivity index (χ2v) is 6.21. The predicted octanol–water partition coefficient (Wildman–Crippen LogP) is 2.48. The molecule has 1 fully saturated rings. The van der Waals surface area contributed by atoms with Gasteiger partial charge in [-0.15, -0.1) is 0 Å². The Morgan fingerprint density at radius 1 is 1.31 bits per heavy atom. The number of nitrogens with one attached hydrogen (secondary N) is 1. The molecule has 1 heterocycles. The highest BCUT2D eigenvalue weighted by Gasteiger charge is 2.31. The van der Waals surface area contributed by atoms with Crippen molar-refractivity contribution in [2.75, 3.05) is 26.4 Å². The van der Waals surface area contributed by atoms with Crippen LogP contribution in [0.25, 0.3) is 0 Å². The van der Waals surface area contributed by atoms with Gasteiger partial charge in [-0.3, -0.25) is 4.79 Å². The molecule has 2 atom stereocenters. The second kappa shape index (κ2) is 10.0. The summed E-state index contributed by atoms with van der Waals surface area (Å²) in [6, 6.07) is 3.89. The number of aliphatic carboxylic acids is 1. The Balaban J connectivity index is 2.13. The summed E-state index contributed by atoms with van der Waals surface area (Å²) in [5, 5.41) is 12.1. The molecule has 1 aliphatic rings. The molecule has 1 amide bonds. The zero-order valence-electron chi connectivity index (χ0n) is 15.3. The fourth-order valence-corrected chi connectivity index (χ4v) is 2.88. The summed E-state index contributed by atoms with van der Waals surface area (Å²) in [5.74, 6) is -0.696. The van der Waals surface area contributed by atoms with Crippen LogP contribution in [0.1, 0.15) is 43.5 Å². The second-order valence-electron chi connectivity index (χ2n) is 6.21. The van der Waals surface area contributed by atoms with E-state index in [0.717, 1.165) is 12.8 Å². The lowest BCUT2D eigenvalue weighted by molar-refractivity contribution is -0.142. The number of hydrogen-bond acceptors (Lipinski definition) is 5. The van der Waals surface area contributed by atoms with E-state index < -0.39 is 17.9 Å². The fraction of sp³-hybridized carbons (Fsp3) is 0.579. The van der Waals surface area contributed by atoms with Gasteiger partial charge in [-0.1, -0.05) is 6.92 Å². The molecule has 7 heteroatoms. The van der Waals surface area contributed by atoms with E-state index in [2.05, 4.69) is 5.32 Å². The molecule has 0 spiro atoms. The average Bonchev–Trinajstić information content (AvgIpc) is 2.65. The highest BCUT2D eigenvalue weighted by Crippen LogP contribution is 2.29. The number of benzene rings is 1. The molecule has 0 radical (unpaired) electrons. The van der Waals surface area contributed by atoms with E-state index in [-0.39, 0.29) is 5.92 Å². The zero-order valence-corrected chi connectivity index (χ0v) is 15.3. The smallest absolute Gasteiger partial charge is 0.326 e. The molecule has 1 saturated heterocycles. The van der Waals surface area contributed by atoms with Crippen LogP contribution in [-0.2, 0) is 9.53 Å². The number of carbonyl (C=O) groups excluding carboxylic acids is 1. The van der Waals surface area contributed by atoms with E-state index in [1.54, 1.807) is 18.2 Å². The first-order chi connectivity index (χ1) is 12.6. The highest BCUT2D eigenvalue weighted by molar-refractivity contribution is 5.97. The van der Waals surface area contributed by atoms with Gasteiger partial charge >= 0.3 is 5.97 Å². The molecular weight excluding hydrogens is 338 g/mol. The van der Waals surface area contributed by atoms with Gasteiger partial charge in [-0.25, -0.2) is 4.79 Å². The Hall–Kier alpha value is -2.28. The highest BCUT2D eigenvalue weighted by atomic mass is 16.5. The van der Waals surface area contributed by atoms with Gasteiger partial charge in [0.15, 0.2) is 11.5 Å². The van der Waals surface area contributed by atoms with Crippen LogP contribution >= 0.6 is 0 Å². The Bertz CT molecular complexity index is 612. The first-order valence-corrected chi connectivity index (χ1v) is 9.07. The molecule has 0 bridgehead atoms. The molecule has 7 nitrogen and oxygen atoms in total. The van der Waals surface area contributed by atoms with Crippen LogP contribution in [0.2, 0.25) is 0 Å². The van der Waals surface area contributed by atoms with Crippen molar-refractivity contribution in [1.82, 2.24) is 5.32 Å². The number of carbonyl (C=O) groups is 2. The van der Waals surface area contributed by atoms with Crippen LogP contribution in [-0.4, -0.2) is 49.5 Å². The largest absolute Gasteiger partial charge is 0.490 e. The number of amides is 1. The number of ether oxygens (including phenoxy) is 3. The summed E-state index contributed by atoms with van der Waals surface area (Å²) in [7, 11) is 0. The van der Waals surface area contributed by atoms with Crippen LogP contribution in [0.5, 0.6) is 11.5 Å². The molecular formula is C19H27NO6. The van der Waals surface area contributed by atoms with Gasteiger partial charge in [0, 0.05) is 18.1 Å². The minimum absolute atomic E-state index is 0.233. The standard InChI is InChI=1S/C19H27NO6/c1-3-9-26-15-8-7-13(11-16(15)25-4-2)18(21)20-17(19(22)23)14-6-5-10-24-12-14/h7-8,11,14,17H,3-6,9-10,12H2,1-2H3,(H,20,21)(H,22,23). The Morgan fingerprint density at radius 2 is 2.12 bits per heavy atom. The lowest BCUT2D eigenvalue weighted by atomic mass is 9.93. The third-order valence-electron chi connectivity index (χ3n) is 4.19. The van der Waals surface area contributed by atoms with Crippen molar-refractivity contribution in [3.8, 4) is 11.5 Å². The quantitative estimate of drug-likeness (QED) is 0.698. The lowest BCUT2D eigenvalue weighted by Crippen LogP contribution is -2.48. The maximum absolute atomic E-state index is 12.6. The van der Waals surface area contributed by atoms with Crippen LogP contribution in [0.15, 0.2) is 18.2 Å². The lowest BCUT2D eigenvalue weighted by Gasteiger charge is -2.28. The number of carboxylic acids is 1. The van der Waals surface area contributed by atoms with Gasteiger partial charge in [-0.2, -0.15) is 0 Å². The summed E-state index contributed by atoms with van der Waals surface area (Å²) in [6.45, 7) is 5.81. The van der Waals surface area contributed by atoms with Crippen molar-refractivity contribution < 1.29 is 28.9 Å². The van der Waals surface area contributed by atoms with E-state index in [4.69, 9.17) is 14.2 Å². The molecule has 144 valence electrons. The van der Waals surface area contributed by atoms with Crippen molar-refractivity contribution in [2.45, 2.75) is 39.2 Å². The van der Waals surface area contributed by atoms with Gasteiger partial charge in [0.25, 0.3) is 5.91 Å². The summed E-state index contributed by atoms with van der Waals surface area (Å²) >= 11 is 0. The molecule has 1 aliphatic heterocycles. The van der Waals surface area contributed by atoms with Crippen molar-refractivity contribution in [3.63, 3.8) is 0 Å². The summed E-state index contributed by atoms with van der Waals surface area (Å²) in [4.78, 5) is 24.2. The number of hydrogen-bond donors (Lipinski definition) is 2. The first-order valence-electron chi connectivity index (χ1n) is 9.07. The van der Waals surface area contributed by atoms with Crippen molar-refractivity contribution in [1.29, 1.82) is 0 Å². The first kappa shape index (κ1) is 20.0. The SMILES string of the molecule is CCCOc1ccc(C(=O)NC(C(=O)O)C2CCCOC2)cc1OCC. The topological polar surface area (TPSA) is 94.1 Å². The molecule has 1 aromatic carbocycles. The summed E-state index contributed by atoms with van der Waals surface area (Å²) < 4.78 is 16.5. The van der Waals surface area contributed by atoms with Gasteiger partial charge in [0.1, 0.15) is 6.04 Å². The predicted molar refractivity (Wildman–Crippen MR) is 95.8 cm³/mol. The van der Waals surface area contributed by atoms with Crippen LogP contribution < -0.4 is 14.8 Å². The Morgan fingerprint density at radius 3 is 2.73 bits per heavy atom. The molecule has 0 aliphatic carbocycles. The summed E-state index contributed by atoms with van der Waals surface area (Å²) in [6.07, 6.45) is 2.37. The molecule has 2 N–H and O–H groups in total. The maximum Gasteiger partial charge on any atom is 0.326 e. The Kier molecular flexibility index (Phi) is 7.72. The van der Waals surface area contributed by atoms with Gasteiger partial charge in [0.2, 0.25) is 0 Å². The van der Waals surface area contributed by atoms with Crippen LogP contribution in [0, 0.1) is 5.92 Å². The van der Waals surface area contributed by atoms with E-state index in [0.29, 0.717) is 49.9 Å². The maximum atomic E-state index is 12.6. The van der Waals surface area contributed by atoms with Crippen molar-refractivity contribution in [3.05, 3.63) is 23.8 Å². The minimum atomic E-state index is -1.05. The van der Waals surface area contributed by atoms with Gasteiger partial charge < -0.3 is 24.6 Å². The molecule has 0 saturated carbocycles. The molecule has 26 heavy (non-hydrogen) atoms. The molecule has 1 aromatic rings. The number of carboxylic acid groups (broad SMARTS) is 1. The zero-order chi connectivity index (χ0) is 18.9. The van der Waals surface area contributed by atoms with E-state index in [1.807, 2.05) is 13.8 Å². The van der Waals surface area contributed by atoms with Crippen LogP contribution in [0.3, 0.4) is 0 Å². The summed E-state index contributed by atoms with van der Waals surface area (Å²) in [5.41, 5.74) is 0.334. The molecule has 2 unspecified atom stereocenters. The van der Waals surface area contributed by atoms with Crippen molar-refractivity contribution >= 4 is 11.9 Å². The average molecular weight is 365 g/mol. The van der Waals surface area contributed by atoms with E-state index >= 15 is 0 Å². The monoisotopic (exact) mass is 365 g/mol. The van der Waals surface area contributed by atoms with E-state index in [1.165, 1.54) is 0 Å². The van der Waals surface area contributed by atoms with Gasteiger partial charge in [0.05, 0.1) is 19.8 Å². The van der Waals surface area contributed by atoms with Crippen LogP contribution in [0.4, 0.5) is 0 Å².